The van der Waals surface area contributed by atoms with Crippen LogP contribution in [0, 0.1) is 0 Å². The van der Waals surface area contributed by atoms with Crippen molar-refractivity contribution in [2.45, 2.75) is 45.6 Å². The predicted octanol–water partition coefficient (Wildman–Crippen LogP) is 3.53. The maximum atomic E-state index is 12.8. The molecule has 1 saturated heterocycles. The summed E-state index contributed by atoms with van der Waals surface area (Å²) in [5.41, 5.74) is 0.303. The average molecular weight is 275 g/mol. The Hall–Kier alpha value is -1.35. The highest BCUT2D eigenvalue weighted by molar-refractivity contribution is 6.03. The van der Waals surface area contributed by atoms with E-state index >= 15 is 0 Å². The fraction of sp³-hybridized carbons (Fsp3) is 0.588. The van der Waals surface area contributed by atoms with Crippen molar-refractivity contribution in [2.24, 2.45) is 0 Å². The van der Waals surface area contributed by atoms with Gasteiger partial charge < -0.3 is 4.74 Å². The number of hydrogen-bond acceptors (Lipinski definition) is 3. The fourth-order valence-corrected chi connectivity index (χ4v) is 2.84. The van der Waals surface area contributed by atoms with Crippen LogP contribution < -0.4 is 4.74 Å². The summed E-state index contributed by atoms with van der Waals surface area (Å²) in [6, 6.07) is 7.53. The van der Waals surface area contributed by atoms with Crippen LogP contribution in [-0.2, 0) is 0 Å². The van der Waals surface area contributed by atoms with Crippen LogP contribution in [-0.4, -0.2) is 35.9 Å². The van der Waals surface area contributed by atoms with Crippen molar-refractivity contribution >= 4 is 5.78 Å². The van der Waals surface area contributed by atoms with E-state index in [9.17, 15) is 4.79 Å². The Bertz CT molecular complexity index is 462. The van der Waals surface area contributed by atoms with E-state index in [4.69, 9.17) is 4.74 Å². The Morgan fingerprint density at radius 1 is 1.25 bits per heavy atom. The summed E-state index contributed by atoms with van der Waals surface area (Å²) in [5.74, 6) is 0.953. The maximum absolute atomic E-state index is 12.8. The molecule has 1 aliphatic rings. The Kier molecular flexibility index (Phi) is 4.81. The third-order valence-corrected chi connectivity index (χ3v) is 4.11. The number of carbonyl (C=O) groups excluding carboxylic acids is 1. The van der Waals surface area contributed by atoms with E-state index in [1.165, 1.54) is 19.3 Å². The summed E-state index contributed by atoms with van der Waals surface area (Å²) in [5, 5.41) is 0. The van der Waals surface area contributed by atoms with Crippen LogP contribution in [0.25, 0.3) is 0 Å². The molecule has 1 aromatic carbocycles. The first-order chi connectivity index (χ1) is 9.55. The molecule has 0 spiro atoms. The quantitative estimate of drug-likeness (QED) is 0.770. The summed E-state index contributed by atoms with van der Waals surface area (Å²) in [7, 11) is 0. The number of nitrogens with zero attached hydrogens (tertiary/aromatic N) is 1. The molecule has 0 saturated carbocycles. The zero-order chi connectivity index (χ0) is 14.6. The number of likely N-dealkylation sites (tertiary alicyclic amines) is 1. The van der Waals surface area contributed by atoms with E-state index in [0.717, 1.165) is 24.4 Å². The minimum atomic E-state index is -0.439. The zero-order valence-corrected chi connectivity index (χ0v) is 12.8. The monoisotopic (exact) mass is 275 g/mol. The van der Waals surface area contributed by atoms with Gasteiger partial charge in [-0.25, -0.2) is 0 Å². The first-order valence-electron chi connectivity index (χ1n) is 7.58. The van der Waals surface area contributed by atoms with Crippen molar-refractivity contribution < 1.29 is 9.53 Å². The molecule has 0 atom stereocenters. The second-order valence-corrected chi connectivity index (χ2v) is 5.90. The van der Waals surface area contributed by atoms with Crippen molar-refractivity contribution in [1.82, 2.24) is 4.90 Å². The van der Waals surface area contributed by atoms with Gasteiger partial charge in [-0.15, -0.1) is 0 Å². The number of ether oxygens (including phenoxy) is 1. The van der Waals surface area contributed by atoms with Gasteiger partial charge in [0.2, 0.25) is 0 Å². The molecule has 0 unspecified atom stereocenters. The Morgan fingerprint density at radius 2 is 1.95 bits per heavy atom. The summed E-state index contributed by atoms with van der Waals surface area (Å²) >= 11 is 0. The van der Waals surface area contributed by atoms with Gasteiger partial charge in [0, 0.05) is 5.56 Å². The van der Waals surface area contributed by atoms with Gasteiger partial charge in [0.25, 0.3) is 0 Å². The maximum Gasteiger partial charge on any atom is 0.182 e. The Morgan fingerprint density at radius 3 is 2.60 bits per heavy atom. The number of hydrogen-bond donors (Lipinski definition) is 0. The third kappa shape index (κ3) is 3.21. The second-order valence-electron chi connectivity index (χ2n) is 5.90. The van der Waals surface area contributed by atoms with Gasteiger partial charge in [-0.1, -0.05) is 18.6 Å². The van der Waals surface area contributed by atoms with E-state index in [-0.39, 0.29) is 5.78 Å². The van der Waals surface area contributed by atoms with Crippen molar-refractivity contribution in [3.8, 4) is 5.75 Å². The van der Waals surface area contributed by atoms with Gasteiger partial charge in [-0.2, -0.15) is 0 Å². The molecule has 1 fully saturated rings. The van der Waals surface area contributed by atoms with E-state index in [0.29, 0.717) is 6.61 Å². The average Bonchev–Trinajstić information content (AvgIpc) is 2.48. The number of benzene rings is 1. The third-order valence-electron chi connectivity index (χ3n) is 4.11. The molecule has 0 N–H and O–H groups in total. The van der Waals surface area contributed by atoms with E-state index < -0.39 is 5.54 Å². The topological polar surface area (TPSA) is 29.5 Å². The Balaban J connectivity index is 2.18. The van der Waals surface area contributed by atoms with Crippen LogP contribution in [0.2, 0.25) is 0 Å². The van der Waals surface area contributed by atoms with Crippen molar-refractivity contribution in [3.05, 3.63) is 29.8 Å². The molecule has 1 aromatic rings. The molecular weight excluding hydrogens is 250 g/mol. The smallest absolute Gasteiger partial charge is 0.182 e. The standard InChI is InChI=1S/C17H25NO2/c1-4-20-15-10-8-9-14(13-15)16(19)17(2,3)18-11-6-5-7-12-18/h8-10,13H,4-7,11-12H2,1-3H3. The Labute approximate surface area is 121 Å². The predicted molar refractivity (Wildman–Crippen MR) is 81.4 cm³/mol. The van der Waals surface area contributed by atoms with E-state index in [1.54, 1.807) is 0 Å². The summed E-state index contributed by atoms with van der Waals surface area (Å²) < 4.78 is 5.49. The van der Waals surface area contributed by atoms with E-state index in [1.807, 2.05) is 45.0 Å². The molecule has 2 rings (SSSR count). The molecule has 0 aromatic heterocycles. The lowest BCUT2D eigenvalue weighted by molar-refractivity contribution is 0.0579. The number of carbonyl (C=O) groups is 1. The van der Waals surface area contributed by atoms with Crippen LogP contribution in [0.4, 0.5) is 0 Å². The summed E-state index contributed by atoms with van der Waals surface area (Å²) in [6.07, 6.45) is 3.66. The first-order valence-corrected chi connectivity index (χ1v) is 7.58. The molecule has 1 heterocycles. The van der Waals surface area contributed by atoms with Gasteiger partial charge in [0.05, 0.1) is 12.1 Å². The van der Waals surface area contributed by atoms with Gasteiger partial charge >= 0.3 is 0 Å². The summed E-state index contributed by atoms with van der Waals surface area (Å²) in [6.45, 7) is 8.68. The lowest BCUT2D eigenvalue weighted by Gasteiger charge is -2.39. The lowest BCUT2D eigenvalue weighted by atomic mass is 9.89. The normalized spacial score (nSPS) is 16.9. The van der Waals surface area contributed by atoms with Crippen molar-refractivity contribution in [1.29, 1.82) is 0 Å². The molecule has 1 aliphatic heterocycles. The van der Waals surface area contributed by atoms with Crippen LogP contribution in [0.3, 0.4) is 0 Å². The molecule has 0 bridgehead atoms. The molecule has 0 aliphatic carbocycles. The number of ketones is 1. The SMILES string of the molecule is CCOc1cccc(C(=O)C(C)(C)N2CCCCC2)c1. The van der Waals surface area contributed by atoms with Crippen molar-refractivity contribution in [2.75, 3.05) is 19.7 Å². The lowest BCUT2D eigenvalue weighted by Crippen LogP contribution is -2.52. The molecular formula is C17H25NO2. The number of Topliss-reactive ketones (excluding diaryl/α,β-unsaturated/α-hetero) is 1. The van der Waals surface area contributed by atoms with Crippen LogP contribution in [0.5, 0.6) is 5.75 Å². The van der Waals surface area contributed by atoms with Gasteiger partial charge in [0.15, 0.2) is 5.78 Å². The van der Waals surface area contributed by atoms with Crippen molar-refractivity contribution in [3.63, 3.8) is 0 Å². The highest BCUT2D eigenvalue weighted by atomic mass is 16.5. The van der Waals surface area contributed by atoms with E-state index in [2.05, 4.69) is 4.90 Å². The summed E-state index contributed by atoms with van der Waals surface area (Å²) in [4.78, 5) is 15.1. The van der Waals surface area contributed by atoms with Gasteiger partial charge in [-0.3, -0.25) is 9.69 Å². The number of piperidine rings is 1. The molecule has 0 amide bonds. The molecule has 0 radical (unpaired) electrons. The largest absolute Gasteiger partial charge is 0.494 e. The van der Waals surface area contributed by atoms with Crippen LogP contribution in [0.1, 0.15) is 50.4 Å². The molecule has 3 heteroatoms. The minimum absolute atomic E-state index is 0.181. The molecule has 3 nitrogen and oxygen atoms in total. The van der Waals surface area contributed by atoms with Crippen LogP contribution in [0.15, 0.2) is 24.3 Å². The van der Waals surface area contributed by atoms with Gasteiger partial charge in [-0.05, 0) is 58.8 Å². The highest BCUT2D eigenvalue weighted by Gasteiger charge is 2.35. The minimum Gasteiger partial charge on any atom is -0.494 e. The van der Waals surface area contributed by atoms with Gasteiger partial charge in [0.1, 0.15) is 5.75 Å². The highest BCUT2D eigenvalue weighted by Crippen LogP contribution is 2.26. The number of rotatable bonds is 5. The second kappa shape index (κ2) is 6.40. The first kappa shape index (κ1) is 15.0. The molecule has 110 valence electrons. The zero-order valence-electron chi connectivity index (χ0n) is 12.8. The fourth-order valence-electron chi connectivity index (χ4n) is 2.84. The van der Waals surface area contributed by atoms with Crippen LogP contribution >= 0.6 is 0 Å². The molecule has 20 heavy (non-hydrogen) atoms.